The van der Waals surface area contributed by atoms with Crippen LogP contribution in [0.5, 0.6) is 0 Å². The molecule has 0 radical (unpaired) electrons. The Balaban J connectivity index is 2.35. The summed E-state index contributed by atoms with van der Waals surface area (Å²) in [7, 11) is 0. The van der Waals surface area contributed by atoms with Gasteiger partial charge in [-0.25, -0.2) is 0 Å². The zero-order chi connectivity index (χ0) is 10.8. The molecule has 1 aliphatic heterocycles. The molecule has 0 aromatic heterocycles. The Morgan fingerprint density at radius 1 is 1.21 bits per heavy atom. The van der Waals surface area contributed by atoms with Crippen molar-refractivity contribution in [1.82, 2.24) is 0 Å². The highest BCUT2D eigenvalue weighted by Gasteiger charge is 2.76. The smallest absolute Gasteiger partial charge is 0.105 e. The number of aliphatic hydroxyl groups excluding tert-OH is 1. The number of fused-ring (bicyclic) bond motifs is 1. The lowest BCUT2D eigenvalue weighted by molar-refractivity contribution is 0.0153. The summed E-state index contributed by atoms with van der Waals surface area (Å²) in [5.74, 6) is 0.523. The molecule has 82 valence electrons. The van der Waals surface area contributed by atoms with Gasteiger partial charge in [-0.05, 0) is 24.7 Å². The second-order valence-corrected chi connectivity index (χ2v) is 6.17. The summed E-state index contributed by atoms with van der Waals surface area (Å²) in [6.45, 7) is 11.0. The minimum absolute atomic E-state index is 0.000764. The van der Waals surface area contributed by atoms with E-state index in [4.69, 9.17) is 4.74 Å². The maximum Gasteiger partial charge on any atom is 0.105 e. The van der Waals surface area contributed by atoms with E-state index >= 15 is 0 Å². The van der Waals surface area contributed by atoms with Crippen molar-refractivity contribution in [2.45, 2.75) is 64.8 Å². The number of ether oxygens (including phenoxy) is 1. The van der Waals surface area contributed by atoms with Gasteiger partial charge in [-0.15, -0.1) is 0 Å². The lowest BCUT2D eigenvalue weighted by Crippen LogP contribution is -2.50. The second-order valence-electron chi connectivity index (χ2n) is 6.17. The van der Waals surface area contributed by atoms with Gasteiger partial charge in [0.25, 0.3) is 0 Å². The average molecular weight is 198 g/mol. The van der Waals surface area contributed by atoms with Gasteiger partial charge in [0.2, 0.25) is 0 Å². The molecule has 1 N–H and O–H groups in total. The van der Waals surface area contributed by atoms with Crippen molar-refractivity contribution in [1.29, 1.82) is 0 Å². The Bertz CT molecular complexity index is 259. The molecule has 2 aliphatic rings. The molecule has 2 heteroatoms. The fourth-order valence-electron chi connectivity index (χ4n) is 4.15. The normalized spacial score (nSPS) is 50.4. The fraction of sp³-hybridized carbons (Fsp3) is 1.00. The number of hydrogen-bond donors (Lipinski definition) is 1. The van der Waals surface area contributed by atoms with Gasteiger partial charge in [0.1, 0.15) is 5.60 Å². The van der Waals surface area contributed by atoms with Crippen LogP contribution in [0.15, 0.2) is 0 Å². The molecule has 2 rings (SSSR count). The Hall–Kier alpha value is -0.0800. The minimum Gasteiger partial charge on any atom is -0.393 e. The molecule has 0 spiro atoms. The maximum absolute atomic E-state index is 9.82. The monoisotopic (exact) mass is 198 g/mol. The van der Waals surface area contributed by atoms with Crippen LogP contribution in [-0.2, 0) is 4.74 Å². The zero-order valence-electron chi connectivity index (χ0n) is 9.92. The molecule has 0 unspecified atom stereocenters. The molecule has 0 bridgehead atoms. The van der Waals surface area contributed by atoms with E-state index in [0.29, 0.717) is 5.92 Å². The third-order valence-corrected chi connectivity index (χ3v) is 4.32. The number of epoxide rings is 1. The standard InChI is InChI=1S/C12H22O2/c1-8(2)12-10(3,4)6-9(13)7-11(12,5)14-12/h8-9,13H,6-7H2,1-5H3/t9-,11+,12-/m0/s1. The first-order valence-corrected chi connectivity index (χ1v) is 5.63. The van der Waals surface area contributed by atoms with Crippen LogP contribution in [0.3, 0.4) is 0 Å². The zero-order valence-corrected chi connectivity index (χ0v) is 9.92. The average Bonchev–Trinajstić information content (AvgIpc) is 2.54. The Morgan fingerprint density at radius 3 is 2.21 bits per heavy atom. The van der Waals surface area contributed by atoms with Gasteiger partial charge in [0, 0.05) is 6.42 Å². The molecule has 2 nitrogen and oxygen atoms in total. The van der Waals surface area contributed by atoms with Gasteiger partial charge >= 0.3 is 0 Å². The first-order chi connectivity index (χ1) is 6.25. The molecule has 1 saturated heterocycles. The van der Waals surface area contributed by atoms with E-state index in [1.165, 1.54) is 0 Å². The Labute approximate surface area is 86.6 Å². The first-order valence-electron chi connectivity index (χ1n) is 5.63. The highest BCUT2D eigenvalue weighted by Crippen LogP contribution is 2.68. The first kappa shape index (κ1) is 10.4. The van der Waals surface area contributed by atoms with Crippen molar-refractivity contribution in [2.24, 2.45) is 11.3 Å². The summed E-state index contributed by atoms with van der Waals surface area (Å²) in [5, 5.41) is 9.82. The van der Waals surface area contributed by atoms with Crippen molar-refractivity contribution in [3.8, 4) is 0 Å². The van der Waals surface area contributed by atoms with Crippen LogP contribution in [0.25, 0.3) is 0 Å². The molecule has 3 atom stereocenters. The molecular formula is C12H22O2. The van der Waals surface area contributed by atoms with Crippen molar-refractivity contribution < 1.29 is 9.84 Å². The number of aliphatic hydroxyl groups is 1. The van der Waals surface area contributed by atoms with Crippen molar-refractivity contribution in [2.75, 3.05) is 0 Å². The third kappa shape index (κ3) is 0.989. The van der Waals surface area contributed by atoms with E-state index in [1.54, 1.807) is 0 Å². The van der Waals surface area contributed by atoms with E-state index < -0.39 is 0 Å². The van der Waals surface area contributed by atoms with Gasteiger partial charge in [-0.1, -0.05) is 27.7 Å². The van der Waals surface area contributed by atoms with Crippen LogP contribution in [0.2, 0.25) is 0 Å². The molecular weight excluding hydrogens is 176 g/mol. The number of rotatable bonds is 1. The predicted octanol–water partition coefficient (Wildman–Crippen LogP) is 2.35. The van der Waals surface area contributed by atoms with E-state index in [2.05, 4.69) is 34.6 Å². The second kappa shape index (κ2) is 2.53. The summed E-state index contributed by atoms with van der Waals surface area (Å²) >= 11 is 0. The molecule has 14 heavy (non-hydrogen) atoms. The van der Waals surface area contributed by atoms with E-state index in [1.807, 2.05) is 0 Å². The van der Waals surface area contributed by atoms with Gasteiger partial charge in [-0.2, -0.15) is 0 Å². The maximum atomic E-state index is 9.82. The Kier molecular flexibility index (Phi) is 1.89. The molecule has 0 amide bonds. The van der Waals surface area contributed by atoms with Gasteiger partial charge in [-0.3, -0.25) is 0 Å². The molecule has 1 heterocycles. The van der Waals surface area contributed by atoms with Crippen LogP contribution in [0.1, 0.15) is 47.5 Å². The summed E-state index contributed by atoms with van der Waals surface area (Å²) in [5.41, 5.74) is 0.00907. The third-order valence-electron chi connectivity index (χ3n) is 4.32. The number of hydrogen-bond acceptors (Lipinski definition) is 2. The van der Waals surface area contributed by atoms with Crippen LogP contribution < -0.4 is 0 Å². The Morgan fingerprint density at radius 2 is 1.79 bits per heavy atom. The van der Waals surface area contributed by atoms with Crippen molar-refractivity contribution in [3.63, 3.8) is 0 Å². The topological polar surface area (TPSA) is 32.8 Å². The summed E-state index contributed by atoms with van der Waals surface area (Å²) in [4.78, 5) is 0. The van der Waals surface area contributed by atoms with Gasteiger partial charge in [0.05, 0.1) is 11.7 Å². The molecule has 2 fully saturated rings. The van der Waals surface area contributed by atoms with Crippen molar-refractivity contribution >= 4 is 0 Å². The van der Waals surface area contributed by atoms with E-state index in [9.17, 15) is 5.11 Å². The summed E-state index contributed by atoms with van der Waals surface area (Å²) in [6.07, 6.45) is 1.47. The fourth-order valence-corrected chi connectivity index (χ4v) is 4.15. The van der Waals surface area contributed by atoms with E-state index in [0.717, 1.165) is 12.8 Å². The largest absolute Gasteiger partial charge is 0.393 e. The molecule has 1 saturated carbocycles. The lowest BCUT2D eigenvalue weighted by Gasteiger charge is -2.42. The highest BCUT2D eigenvalue weighted by atomic mass is 16.6. The summed E-state index contributed by atoms with van der Waals surface area (Å²) in [6, 6.07) is 0. The van der Waals surface area contributed by atoms with Crippen molar-refractivity contribution in [3.05, 3.63) is 0 Å². The van der Waals surface area contributed by atoms with Crippen LogP contribution in [0, 0.1) is 11.3 Å². The molecule has 1 aliphatic carbocycles. The van der Waals surface area contributed by atoms with Gasteiger partial charge < -0.3 is 9.84 Å². The molecule has 0 aromatic rings. The lowest BCUT2D eigenvalue weighted by atomic mass is 9.59. The van der Waals surface area contributed by atoms with Crippen LogP contribution in [-0.4, -0.2) is 22.4 Å². The highest BCUT2D eigenvalue weighted by molar-refractivity contribution is 5.24. The van der Waals surface area contributed by atoms with Crippen LogP contribution in [0.4, 0.5) is 0 Å². The van der Waals surface area contributed by atoms with Gasteiger partial charge in [0.15, 0.2) is 0 Å². The SMILES string of the molecule is CC(C)[C@@]12O[C@]1(C)C[C@@H](O)CC2(C)C. The molecule has 0 aromatic carbocycles. The van der Waals surface area contributed by atoms with Crippen LogP contribution >= 0.6 is 0 Å². The van der Waals surface area contributed by atoms with E-state index in [-0.39, 0.29) is 22.7 Å². The predicted molar refractivity (Wildman–Crippen MR) is 56.1 cm³/mol. The quantitative estimate of drug-likeness (QED) is 0.656. The summed E-state index contributed by atoms with van der Waals surface area (Å²) < 4.78 is 6.04. The minimum atomic E-state index is -0.190.